The largest absolute Gasteiger partial charge is 0.504 e. The second-order valence-electron chi connectivity index (χ2n) is 15.4. The highest BCUT2D eigenvalue weighted by atomic mass is 16.6. The van der Waals surface area contributed by atoms with Gasteiger partial charge in [-0.05, 0) is 117 Å². The third-order valence-electron chi connectivity index (χ3n) is 11.6. The van der Waals surface area contributed by atoms with Crippen LogP contribution in [0.4, 0.5) is 5.69 Å². The number of ketones is 1. The fourth-order valence-electron chi connectivity index (χ4n) is 8.59. The van der Waals surface area contributed by atoms with Crippen molar-refractivity contribution in [2.45, 2.75) is 89.9 Å². The summed E-state index contributed by atoms with van der Waals surface area (Å²) in [4.78, 5) is 18.9. The first-order chi connectivity index (χ1) is 25.4. The number of rotatable bonds is 11. The van der Waals surface area contributed by atoms with Crippen LogP contribution in [0.3, 0.4) is 0 Å². The van der Waals surface area contributed by atoms with Crippen LogP contribution in [-0.2, 0) is 22.4 Å². The first kappa shape index (κ1) is 40.0. The van der Waals surface area contributed by atoms with E-state index in [1.807, 2.05) is 31.3 Å². The van der Waals surface area contributed by atoms with E-state index in [4.69, 9.17) is 14.2 Å². The quantitative estimate of drug-likeness (QED) is 0.0934. The normalized spacial score (nSPS) is 27.4. The Morgan fingerprint density at radius 2 is 1.92 bits per heavy atom. The number of phenolic OH excluding ortho intramolecular Hbond substituents is 2. The molecule has 0 aromatic heterocycles. The third kappa shape index (κ3) is 9.47. The number of allylic oxidation sites excluding steroid dienone is 2. The van der Waals surface area contributed by atoms with Gasteiger partial charge in [-0.1, -0.05) is 38.3 Å². The van der Waals surface area contributed by atoms with E-state index in [2.05, 4.69) is 52.8 Å². The Morgan fingerprint density at radius 1 is 1.11 bits per heavy atom. The number of aliphatic hydroxyl groups is 1. The Bertz CT molecular complexity index is 1710. The van der Waals surface area contributed by atoms with Crippen molar-refractivity contribution in [2.24, 2.45) is 34.1 Å². The molecule has 6 N–H and O–H groups in total. The number of ether oxygens (including phenoxy) is 3. The molecule has 2 fully saturated rings. The fourth-order valence-corrected chi connectivity index (χ4v) is 8.59. The summed E-state index contributed by atoms with van der Waals surface area (Å²) in [5, 5.41) is 41.7. The number of aliphatic imine (C=N–C) groups is 1. The molecule has 53 heavy (non-hydrogen) atoms. The highest BCUT2D eigenvalue weighted by molar-refractivity contribution is 5.97. The first-order valence-corrected chi connectivity index (χ1v) is 18.9. The van der Waals surface area contributed by atoms with Crippen molar-refractivity contribution in [2.75, 3.05) is 40.2 Å². The van der Waals surface area contributed by atoms with E-state index in [1.54, 1.807) is 19.2 Å². The molecule has 2 aromatic carbocycles. The second-order valence-corrected chi connectivity index (χ2v) is 15.4. The maximum Gasteiger partial charge on any atom is 0.207 e. The number of phenols is 2. The zero-order valence-electron chi connectivity index (χ0n) is 32.1. The van der Waals surface area contributed by atoms with E-state index >= 15 is 0 Å². The van der Waals surface area contributed by atoms with Crippen molar-refractivity contribution in [1.82, 2.24) is 10.6 Å². The van der Waals surface area contributed by atoms with Gasteiger partial charge in [0.1, 0.15) is 5.60 Å². The molecule has 2 aliphatic carbocycles. The standard InChI is InChI=1S/C42H58N4O7/c1-27(2)31-12-14-37(48)42(25-28-11-13-34(47)35(21-28)51-5)16-7-9-32(42)10-8-18-45-40(44-4)46-33-20-30(19-31)22-36(39(33)50)53-41(26-43-3)17-15-29(24-41)23-38(49)52-6/h11-14,20-22,27,29,31-32,38,43,47,49-50H,7,9-10,15-17,19,23-26H2,1-6H3,(H2,44,45,46). The van der Waals surface area contributed by atoms with Crippen LogP contribution in [0, 0.1) is 41.1 Å². The molecule has 5 rings (SSSR count). The minimum absolute atomic E-state index is 0.0117. The summed E-state index contributed by atoms with van der Waals surface area (Å²) in [7, 11) is 6.57. The van der Waals surface area contributed by atoms with Crippen molar-refractivity contribution >= 4 is 17.4 Å². The summed E-state index contributed by atoms with van der Waals surface area (Å²) in [5.41, 5.74) is 1.05. The van der Waals surface area contributed by atoms with Crippen LogP contribution < -0.4 is 25.4 Å². The lowest BCUT2D eigenvalue weighted by Gasteiger charge is -2.33. The van der Waals surface area contributed by atoms with Crippen LogP contribution in [0.25, 0.3) is 0 Å². The number of nitrogens with one attached hydrogen (secondary N) is 3. The Labute approximate surface area is 314 Å². The van der Waals surface area contributed by atoms with Crippen LogP contribution in [-0.4, -0.2) is 73.8 Å². The number of hydrogen-bond acceptors (Lipinski definition) is 9. The molecule has 2 bridgehead atoms. The maximum atomic E-state index is 14.5. The molecule has 2 saturated carbocycles. The molecule has 0 spiro atoms. The van der Waals surface area contributed by atoms with Gasteiger partial charge in [0.25, 0.3) is 0 Å². The molecule has 11 heteroatoms. The molecule has 1 aliphatic heterocycles. The fraction of sp³-hybridized carbons (Fsp3) is 0.571. The number of likely N-dealkylation sites (N-methyl/N-ethyl adjacent to an activating group) is 1. The minimum Gasteiger partial charge on any atom is -0.504 e. The smallest absolute Gasteiger partial charge is 0.207 e. The molecular formula is C42H58N4O7. The molecule has 11 nitrogen and oxygen atoms in total. The van der Waals surface area contributed by atoms with Gasteiger partial charge in [0.2, 0.25) is 5.96 Å². The zero-order valence-corrected chi connectivity index (χ0v) is 32.1. The van der Waals surface area contributed by atoms with Gasteiger partial charge in [-0.2, -0.15) is 0 Å². The highest BCUT2D eigenvalue weighted by Gasteiger charge is 2.47. The Kier molecular flexibility index (Phi) is 13.4. The van der Waals surface area contributed by atoms with Crippen molar-refractivity contribution in [3.8, 4) is 35.0 Å². The lowest BCUT2D eigenvalue weighted by Crippen LogP contribution is -2.43. The highest BCUT2D eigenvalue weighted by Crippen LogP contribution is 2.49. The van der Waals surface area contributed by atoms with Gasteiger partial charge in [0, 0.05) is 45.0 Å². The lowest BCUT2D eigenvalue weighted by atomic mass is 9.68. The summed E-state index contributed by atoms with van der Waals surface area (Å²) >= 11 is 0. The van der Waals surface area contributed by atoms with Crippen molar-refractivity contribution < 1.29 is 34.3 Å². The Balaban J connectivity index is 1.52. The molecule has 0 radical (unpaired) electrons. The lowest BCUT2D eigenvalue weighted by molar-refractivity contribution is -0.125. The molecule has 6 atom stereocenters. The summed E-state index contributed by atoms with van der Waals surface area (Å²) < 4.78 is 17.3. The Morgan fingerprint density at radius 3 is 2.64 bits per heavy atom. The van der Waals surface area contributed by atoms with Crippen LogP contribution in [0.1, 0.15) is 76.3 Å². The minimum atomic E-state index is -0.834. The predicted molar refractivity (Wildman–Crippen MR) is 207 cm³/mol. The molecule has 0 saturated heterocycles. The average molecular weight is 731 g/mol. The summed E-state index contributed by atoms with van der Waals surface area (Å²) in [5.74, 6) is 4.97. The first-order valence-electron chi connectivity index (χ1n) is 18.9. The topological polar surface area (TPSA) is 154 Å². The number of aliphatic hydroxyl groups excluding tert-OH is 1. The number of aromatic hydroxyl groups is 2. The van der Waals surface area contributed by atoms with Gasteiger partial charge in [0.15, 0.2) is 35.1 Å². The van der Waals surface area contributed by atoms with Gasteiger partial charge in [-0.15, -0.1) is 0 Å². The van der Waals surface area contributed by atoms with Crippen LogP contribution in [0.15, 0.2) is 47.5 Å². The average Bonchev–Trinajstić information content (AvgIpc) is 3.73. The van der Waals surface area contributed by atoms with Gasteiger partial charge in [0.05, 0.1) is 12.8 Å². The number of hydrogen-bond donors (Lipinski definition) is 6. The van der Waals surface area contributed by atoms with Gasteiger partial charge in [-0.3, -0.25) is 15.1 Å². The number of fused-ring (bicyclic) bond motifs is 3. The second kappa shape index (κ2) is 17.7. The molecule has 288 valence electrons. The number of benzene rings is 2. The van der Waals surface area contributed by atoms with E-state index < -0.39 is 17.3 Å². The van der Waals surface area contributed by atoms with Crippen molar-refractivity contribution in [3.63, 3.8) is 0 Å². The molecular weight excluding hydrogens is 672 g/mol. The monoisotopic (exact) mass is 730 g/mol. The third-order valence-corrected chi connectivity index (χ3v) is 11.6. The van der Waals surface area contributed by atoms with E-state index in [0.29, 0.717) is 61.8 Å². The van der Waals surface area contributed by atoms with Crippen molar-refractivity contribution in [3.05, 3.63) is 53.6 Å². The van der Waals surface area contributed by atoms with Crippen LogP contribution >= 0.6 is 0 Å². The molecule has 3 aliphatic rings. The predicted octanol–water partition coefficient (Wildman–Crippen LogP) is 5.92. The Hall–Kier alpha value is -4.24. The number of carbonyl (C=O) groups is 1. The number of carbonyl (C=O) groups excluding carboxylic acids is 1. The van der Waals surface area contributed by atoms with Gasteiger partial charge >= 0.3 is 0 Å². The van der Waals surface area contributed by atoms with E-state index in [-0.39, 0.29) is 41.0 Å². The molecule has 0 amide bonds. The van der Waals surface area contributed by atoms with E-state index in [9.17, 15) is 20.1 Å². The van der Waals surface area contributed by atoms with Crippen LogP contribution in [0.5, 0.6) is 23.0 Å². The number of nitrogens with zero attached hydrogens (tertiary/aromatic N) is 1. The number of methoxy groups -OCH3 is 2. The number of anilines is 1. The summed E-state index contributed by atoms with van der Waals surface area (Å²) in [6, 6.07) is 12.2. The molecule has 1 heterocycles. The van der Waals surface area contributed by atoms with Gasteiger partial charge < -0.3 is 40.2 Å². The van der Waals surface area contributed by atoms with E-state index in [1.165, 1.54) is 14.2 Å². The van der Waals surface area contributed by atoms with Crippen molar-refractivity contribution in [1.29, 1.82) is 0 Å². The summed E-state index contributed by atoms with van der Waals surface area (Å²) in [6.45, 7) is 4.88. The number of guanidine groups is 1. The van der Waals surface area contributed by atoms with Crippen LogP contribution in [0.2, 0.25) is 0 Å². The maximum absolute atomic E-state index is 14.5. The summed E-state index contributed by atoms with van der Waals surface area (Å²) in [6.07, 6.45) is 10.0. The molecule has 2 aromatic rings. The van der Waals surface area contributed by atoms with Gasteiger partial charge in [-0.25, -0.2) is 0 Å². The van der Waals surface area contributed by atoms with E-state index in [0.717, 1.165) is 43.2 Å². The molecule has 6 unspecified atom stereocenters. The SMILES string of the molecule is CN=C1NC#CCC2CCCC2(Cc2ccc(O)c(OC)c2)C(=O)C=CC(C(C)C)Cc2cc(c(O)c(OC3(CNC)CCC(CC(O)OC)C3)c2)N1. The zero-order chi connectivity index (χ0) is 38.2.